The molecule has 3 N–H and O–H groups in total. The lowest BCUT2D eigenvalue weighted by Gasteiger charge is -2.06. The Kier molecular flexibility index (Phi) is 2.63. The van der Waals surface area contributed by atoms with Crippen LogP contribution < -0.4 is 5.73 Å². The summed E-state index contributed by atoms with van der Waals surface area (Å²) in [5.74, 6) is 0.152. The van der Waals surface area contributed by atoms with Crippen LogP contribution in [0.15, 0.2) is 24.3 Å². The standard InChI is InChI=1S/C13H12FN5/c1-7-3-2-4-8(11(7)14)5-9-6-10(15)16-13-12(9)17-19-18-13/h2-4,6H,5H2,1H3,(H3,15,16,17,18,19). The van der Waals surface area contributed by atoms with Crippen LogP contribution in [0.4, 0.5) is 10.2 Å². The molecule has 0 radical (unpaired) electrons. The molecule has 0 saturated heterocycles. The van der Waals surface area contributed by atoms with E-state index in [4.69, 9.17) is 5.73 Å². The van der Waals surface area contributed by atoms with Crippen LogP contribution in [0.25, 0.3) is 11.2 Å². The lowest BCUT2D eigenvalue weighted by molar-refractivity contribution is 0.605. The summed E-state index contributed by atoms with van der Waals surface area (Å²) in [6, 6.07) is 7.03. The first kappa shape index (κ1) is 11.6. The zero-order valence-corrected chi connectivity index (χ0v) is 10.3. The number of benzene rings is 1. The van der Waals surface area contributed by atoms with E-state index in [-0.39, 0.29) is 5.82 Å². The van der Waals surface area contributed by atoms with Crippen molar-refractivity contribution < 1.29 is 4.39 Å². The Hall–Kier alpha value is -2.50. The fourth-order valence-electron chi connectivity index (χ4n) is 2.10. The number of nitrogens with two attached hydrogens (primary N) is 1. The van der Waals surface area contributed by atoms with Gasteiger partial charge in [-0.3, -0.25) is 0 Å². The minimum Gasteiger partial charge on any atom is -0.384 e. The third-order valence-corrected chi connectivity index (χ3v) is 3.04. The smallest absolute Gasteiger partial charge is 0.203 e. The number of aryl methyl sites for hydroxylation is 1. The van der Waals surface area contributed by atoms with Gasteiger partial charge in [0.15, 0.2) is 0 Å². The number of H-pyrrole nitrogens is 1. The number of nitrogens with one attached hydrogen (secondary N) is 1. The van der Waals surface area contributed by atoms with E-state index in [0.717, 1.165) is 5.56 Å². The van der Waals surface area contributed by atoms with Crippen LogP contribution in [0.5, 0.6) is 0 Å². The van der Waals surface area contributed by atoms with Gasteiger partial charge in [-0.25, -0.2) is 9.37 Å². The SMILES string of the molecule is Cc1cccc(Cc2cc(N)nc3n[nH]nc23)c1F. The number of rotatable bonds is 2. The van der Waals surface area contributed by atoms with E-state index in [1.807, 2.05) is 6.07 Å². The number of hydrogen-bond donors (Lipinski definition) is 2. The van der Waals surface area contributed by atoms with Gasteiger partial charge in [-0.05, 0) is 29.7 Å². The highest BCUT2D eigenvalue weighted by molar-refractivity contribution is 5.76. The molecule has 0 saturated carbocycles. The molecule has 0 amide bonds. The predicted molar refractivity (Wildman–Crippen MR) is 70.0 cm³/mol. The number of anilines is 1. The summed E-state index contributed by atoms with van der Waals surface area (Å²) in [5, 5.41) is 10.4. The molecular weight excluding hydrogens is 245 g/mol. The summed E-state index contributed by atoms with van der Waals surface area (Å²) in [7, 11) is 0. The van der Waals surface area contributed by atoms with Gasteiger partial charge in [0.25, 0.3) is 0 Å². The zero-order chi connectivity index (χ0) is 13.4. The first-order valence-corrected chi connectivity index (χ1v) is 5.85. The van der Waals surface area contributed by atoms with E-state index >= 15 is 0 Å². The topological polar surface area (TPSA) is 80.5 Å². The van der Waals surface area contributed by atoms with Crippen molar-refractivity contribution in [3.63, 3.8) is 0 Å². The Morgan fingerprint density at radius 2 is 2.11 bits per heavy atom. The van der Waals surface area contributed by atoms with Crippen molar-refractivity contribution in [2.75, 3.05) is 5.73 Å². The number of pyridine rings is 1. The second kappa shape index (κ2) is 4.31. The van der Waals surface area contributed by atoms with E-state index in [0.29, 0.717) is 34.5 Å². The molecule has 3 rings (SSSR count). The summed E-state index contributed by atoms with van der Waals surface area (Å²) in [5.41, 5.74) is 8.82. The second-order valence-electron chi connectivity index (χ2n) is 4.43. The number of nitrogens with zero attached hydrogens (tertiary/aromatic N) is 3. The molecule has 0 bridgehead atoms. The Balaban J connectivity index is 2.10. The molecule has 2 aromatic heterocycles. The number of fused-ring (bicyclic) bond motifs is 1. The maximum absolute atomic E-state index is 14.0. The maximum Gasteiger partial charge on any atom is 0.203 e. The molecule has 0 fully saturated rings. The van der Waals surface area contributed by atoms with Gasteiger partial charge < -0.3 is 5.73 Å². The molecule has 2 heterocycles. The molecule has 1 aromatic carbocycles. The predicted octanol–water partition coefficient (Wildman–Crippen LogP) is 1.97. The Morgan fingerprint density at radius 3 is 2.95 bits per heavy atom. The first-order valence-electron chi connectivity index (χ1n) is 5.85. The summed E-state index contributed by atoms with van der Waals surface area (Å²) in [4.78, 5) is 4.06. The third kappa shape index (κ3) is 2.01. The Labute approximate surface area is 108 Å². The molecular formula is C13H12FN5. The van der Waals surface area contributed by atoms with Gasteiger partial charge >= 0.3 is 0 Å². The van der Waals surface area contributed by atoms with Crippen LogP contribution in [0.2, 0.25) is 0 Å². The normalized spacial score (nSPS) is 11.1. The van der Waals surface area contributed by atoms with Gasteiger partial charge in [0.2, 0.25) is 5.65 Å². The highest BCUT2D eigenvalue weighted by atomic mass is 19.1. The minimum atomic E-state index is -0.200. The quantitative estimate of drug-likeness (QED) is 0.735. The van der Waals surface area contributed by atoms with Crippen molar-refractivity contribution in [1.29, 1.82) is 0 Å². The first-order chi connectivity index (χ1) is 9.15. The van der Waals surface area contributed by atoms with Crippen molar-refractivity contribution in [3.05, 3.63) is 46.8 Å². The van der Waals surface area contributed by atoms with Crippen LogP contribution in [0.3, 0.4) is 0 Å². The Bertz CT molecular complexity index is 750. The average molecular weight is 257 g/mol. The molecule has 0 aliphatic heterocycles. The lowest BCUT2D eigenvalue weighted by atomic mass is 10.0. The van der Waals surface area contributed by atoms with Crippen LogP contribution in [-0.4, -0.2) is 20.4 Å². The fraction of sp³-hybridized carbons (Fsp3) is 0.154. The molecule has 19 heavy (non-hydrogen) atoms. The lowest BCUT2D eigenvalue weighted by Crippen LogP contribution is -1.99. The number of nitrogen functional groups attached to an aromatic ring is 1. The summed E-state index contributed by atoms with van der Waals surface area (Å²) in [6.07, 6.45) is 0.406. The largest absolute Gasteiger partial charge is 0.384 e. The van der Waals surface area contributed by atoms with Crippen molar-refractivity contribution >= 4 is 17.0 Å². The molecule has 5 nitrogen and oxygen atoms in total. The summed E-state index contributed by atoms with van der Waals surface area (Å²) >= 11 is 0. The monoisotopic (exact) mass is 257 g/mol. The second-order valence-corrected chi connectivity index (χ2v) is 4.43. The third-order valence-electron chi connectivity index (χ3n) is 3.04. The van der Waals surface area contributed by atoms with E-state index in [2.05, 4.69) is 20.4 Å². The van der Waals surface area contributed by atoms with E-state index in [1.54, 1.807) is 25.1 Å². The van der Waals surface area contributed by atoms with Crippen LogP contribution in [0.1, 0.15) is 16.7 Å². The number of aromatic amines is 1. The maximum atomic E-state index is 14.0. The molecule has 6 heteroatoms. The van der Waals surface area contributed by atoms with Gasteiger partial charge in [-0.1, -0.05) is 18.2 Å². The van der Waals surface area contributed by atoms with Gasteiger partial charge in [0.1, 0.15) is 17.2 Å². The molecule has 96 valence electrons. The van der Waals surface area contributed by atoms with Gasteiger partial charge in [-0.15, -0.1) is 5.10 Å². The van der Waals surface area contributed by atoms with E-state index in [9.17, 15) is 4.39 Å². The highest BCUT2D eigenvalue weighted by Gasteiger charge is 2.12. The van der Waals surface area contributed by atoms with Gasteiger partial charge in [-0.2, -0.15) is 10.3 Å². The van der Waals surface area contributed by atoms with Gasteiger partial charge in [0.05, 0.1) is 0 Å². The van der Waals surface area contributed by atoms with Crippen molar-refractivity contribution in [2.24, 2.45) is 0 Å². The van der Waals surface area contributed by atoms with Crippen molar-refractivity contribution in [3.8, 4) is 0 Å². The zero-order valence-electron chi connectivity index (χ0n) is 10.3. The van der Waals surface area contributed by atoms with E-state index in [1.165, 1.54) is 0 Å². The molecule has 0 aliphatic carbocycles. The molecule has 0 atom stereocenters. The molecule has 0 aliphatic rings. The summed E-state index contributed by atoms with van der Waals surface area (Å²) < 4.78 is 14.0. The number of halogens is 1. The number of hydrogen-bond acceptors (Lipinski definition) is 4. The van der Waals surface area contributed by atoms with Crippen LogP contribution in [0, 0.1) is 12.7 Å². The minimum absolute atomic E-state index is 0.200. The summed E-state index contributed by atoms with van der Waals surface area (Å²) in [6.45, 7) is 1.74. The Morgan fingerprint density at radius 1 is 1.26 bits per heavy atom. The van der Waals surface area contributed by atoms with Gasteiger partial charge in [0, 0.05) is 6.42 Å². The number of aromatic nitrogens is 4. The molecule has 3 aromatic rings. The van der Waals surface area contributed by atoms with Crippen LogP contribution in [-0.2, 0) is 6.42 Å². The van der Waals surface area contributed by atoms with Crippen molar-refractivity contribution in [1.82, 2.24) is 20.4 Å². The average Bonchev–Trinajstić information content (AvgIpc) is 2.83. The highest BCUT2D eigenvalue weighted by Crippen LogP contribution is 2.21. The van der Waals surface area contributed by atoms with Crippen LogP contribution >= 0.6 is 0 Å². The molecule has 0 spiro atoms. The molecule has 0 unspecified atom stereocenters. The fourth-order valence-corrected chi connectivity index (χ4v) is 2.10. The van der Waals surface area contributed by atoms with Crippen molar-refractivity contribution in [2.45, 2.75) is 13.3 Å². The van der Waals surface area contributed by atoms with E-state index < -0.39 is 0 Å².